The van der Waals surface area contributed by atoms with E-state index in [0.29, 0.717) is 12.5 Å². The Morgan fingerprint density at radius 1 is 1.50 bits per heavy atom. The van der Waals surface area contributed by atoms with Crippen molar-refractivity contribution in [3.63, 3.8) is 0 Å². The van der Waals surface area contributed by atoms with Crippen LogP contribution in [-0.2, 0) is 4.79 Å². The molecule has 4 heteroatoms. The van der Waals surface area contributed by atoms with Crippen LogP contribution in [0.15, 0.2) is 0 Å². The van der Waals surface area contributed by atoms with Crippen LogP contribution in [0.1, 0.15) is 19.8 Å². The third kappa shape index (κ3) is 3.27. The van der Waals surface area contributed by atoms with Gasteiger partial charge in [-0.3, -0.25) is 4.79 Å². The molecule has 0 aromatic carbocycles. The first-order valence-electron chi connectivity index (χ1n) is 5.37. The summed E-state index contributed by atoms with van der Waals surface area (Å²) in [7, 11) is 0. The number of nitrogens with one attached hydrogen (secondary N) is 1. The molecule has 4 nitrogen and oxygen atoms in total. The van der Waals surface area contributed by atoms with Crippen molar-refractivity contribution in [1.29, 1.82) is 0 Å². The molecular formula is C10H20N2O2. The lowest BCUT2D eigenvalue weighted by Gasteiger charge is -2.31. The highest BCUT2D eigenvalue weighted by Crippen LogP contribution is 2.15. The fourth-order valence-electron chi connectivity index (χ4n) is 1.71. The number of hydrogen-bond acceptors (Lipinski definition) is 3. The van der Waals surface area contributed by atoms with Crippen molar-refractivity contribution in [2.24, 2.45) is 5.92 Å². The summed E-state index contributed by atoms with van der Waals surface area (Å²) in [5.74, 6) is 0.585. The fourth-order valence-corrected chi connectivity index (χ4v) is 1.71. The van der Waals surface area contributed by atoms with Crippen LogP contribution in [0.4, 0.5) is 0 Å². The minimum Gasteiger partial charge on any atom is -0.396 e. The molecule has 1 aliphatic rings. The summed E-state index contributed by atoms with van der Waals surface area (Å²) in [6.07, 6.45) is 1.88. The van der Waals surface area contributed by atoms with E-state index in [0.717, 1.165) is 32.5 Å². The molecular weight excluding hydrogens is 180 g/mol. The zero-order valence-electron chi connectivity index (χ0n) is 8.83. The van der Waals surface area contributed by atoms with Gasteiger partial charge in [-0.05, 0) is 25.3 Å². The summed E-state index contributed by atoms with van der Waals surface area (Å²) in [4.78, 5) is 13.4. The molecule has 0 bridgehead atoms. The van der Waals surface area contributed by atoms with Gasteiger partial charge in [0, 0.05) is 19.7 Å². The third-order valence-corrected chi connectivity index (χ3v) is 2.75. The summed E-state index contributed by atoms with van der Waals surface area (Å²) >= 11 is 0. The Kier molecular flexibility index (Phi) is 4.90. The Morgan fingerprint density at radius 2 is 2.14 bits per heavy atom. The van der Waals surface area contributed by atoms with Crippen LogP contribution in [-0.4, -0.2) is 48.7 Å². The maximum atomic E-state index is 11.6. The standard InChI is InChI=1S/C10H20N2O2/c1-2-11-7-10(14)12-5-3-9(8-13)4-6-12/h9,11,13H,2-8H2,1H3. The Bertz CT molecular complexity index is 177. The van der Waals surface area contributed by atoms with Gasteiger partial charge in [0.05, 0.1) is 6.54 Å². The Hall–Kier alpha value is -0.610. The minimum atomic E-state index is 0.184. The van der Waals surface area contributed by atoms with Gasteiger partial charge < -0.3 is 15.3 Å². The first-order chi connectivity index (χ1) is 6.77. The highest BCUT2D eigenvalue weighted by Gasteiger charge is 2.21. The number of amides is 1. The van der Waals surface area contributed by atoms with Gasteiger partial charge in [0.2, 0.25) is 5.91 Å². The van der Waals surface area contributed by atoms with Crippen LogP contribution in [0.3, 0.4) is 0 Å². The van der Waals surface area contributed by atoms with Crippen molar-refractivity contribution in [2.45, 2.75) is 19.8 Å². The monoisotopic (exact) mass is 200 g/mol. The maximum absolute atomic E-state index is 11.6. The smallest absolute Gasteiger partial charge is 0.236 e. The lowest BCUT2D eigenvalue weighted by molar-refractivity contribution is -0.131. The topological polar surface area (TPSA) is 52.6 Å². The number of piperidine rings is 1. The number of carbonyl (C=O) groups is 1. The lowest BCUT2D eigenvalue weighted by Crippen LogP contribution is -2.43. The number of hydrogen-bond donors (Lipinski definition) is 2. The Labute approximate surface area is 85.3 Å². The van der Waals surface area contributed by atoms with Crippen LogP contribution < -0.4 is 5.32 Å². The summed E-state index contributed by atoms with van der Waals surface area (Å²) in [6, 6.07) is 0. The van der Waals surface area contributed by atoms with E-state index in [2.05, 4.69) is 5.32 Å². The van der Waals surface area contributed by atoms with Crippen molar-refractivity contribution in [1.82, 2.24) is 10.2 Å². The first kappa shape index (κ1) is 11.5. The van der Waals surface area contributed by atoms with Crippen molar-refractivity contribution < 1.29 is 9.90 Å². The van der Waals surface area contributed by atoms with E-state index in [-0.39, 0.29) is 12.5 Å². The van der Waals surface area contributed by atoms with Crippen molar-refractivity contribution >= 4 is 5.91 Å². The van der Waals surface area contributed by atoms with E-state index in [1.54, 1.807) is 0 Å². The van der Waals surface area contributed by atoms with Crippen molar-refractivity contribution in [3.05, 3.63) is 0 Å². The number of aliphatic hydroxyl groups excluding tert-OH is 1. The van der Waals surface area contributed by atoms with E-state index in [1.807, 2.05) is 11.8 Å². The second-order valence-electron chi connectivity index (χ2n) is 3.79. The van der Waals surface area contributed by atoms with Gasteiger partial charge in [-0.25, -0.2) is 0 Å². The summed E-state index contributed by atoms with van der Waals surface area (Å²) in [5.41, 5.74) is 0. The van der Waals surface area contributed by atoms with E-state index in [9.17, 15) is 4.79 Å². The number of likely N-dealkylation sites (tertiary alicyclic amines) is 1. The molecule has 0 spiro atoms. The van der Waals surface area contributed by atoms with Gasteiger partial charge in [-0.15, -0.1) is 0 Å². The number of likely N-dealkylation sites (N-methyl/N-ethyl adjacent to an activating group) is 1. The van der Waals surface area contributed by atoms with Crippen molar-refractivity contribution in [2.75, 3.05) is 32.8 Å². The number of rotatable bonds is 4. The van der Waals surface area contributed by atoms with E-state index >= 15 is 0 Å². The second-order valence-corrected chi connectivity index (χ2v) is 3.79. The molecule has 0 aromatic rings. The normalized spacial score (nSPS) is 18.6. The summed E-state index contributed by atoms with van der Waals surface area (Å²) < 4.78 is 0. The predicted molar refractivity (Wildman–Crippen MR) is 54.9 cm³/mol. The maximum Gasteiger partial charge on any atom is 0.236 e. The molecule has 1 saturated heterocycles. The van der Waals surface area contributed by atoms with E-state index < -0.39 is 0 Å². The molecule has 1 rings (SSSR count). The first-order valence-corrected chi connectivity index (χ1v) is 5.37. The molecule has 0 aromatic heterocycles. The second kappa shape index (κ2) is 5.98. The van der Waals surface area contributed by atoms with Crippen LogP contribution in [0.2, 0.25) is 0 Å². The van der Waals surface area contributed by atoms with Crippen LogP contribution in [0, 0.1) is 5.92 Å². The van der Waals surface area contributed by atoms with Crippen LogP contribution >= 0.6 is 0 Å². The zero-order chi connectivity index (χ0) is 10.4. The molecule has 14 heavy (non-hydrogen) atoms. The molecule has 1 fully saturated rings. The van der Waals surface area contributed by atoms with Crippen molar-refractivity contribution in [3.8, 4) is 0 Å². The van der Waals surface area contributed by atoms with Gasteiger partial charge in [-0.1, -0.05) is 6.92 Å². The molecule has 0 unspecified atom stereocenters. The van der Waals surface area contributed by atoms with Gasteiger partial charge in [0.15, 0.2) is 0 Å². The van der Waals surface area contributed by atoms with Gasteiger partial charge in [0.25, 0.3) is 0 Å². The fraction of sp³-hybridized carbons (Fsp3) is 0.900. The summed E-state index contributed by atoms with van der Waals surface area (Å²) in [6.45, 7) is 5.13. The molecule has 0 saturated carbocycles. The average Bonchev–Trinajstić information content (AvgIpc) is 2.26. The average molecular weight is 200 g/mol. The zero-order valence-corrected chi connectivity index (χ0v) is 8.83. The SMILES string of the molecule is CCNCC(=O)N1CCC(CO)CC1. The van der Waals surface area contributed by atoms with Crippen LogP contribution in [0.5, 0.6) is 0 Å². The molecule has 1 aliphatic heterocycles. The largest absolute Gasteiger partial charge is 0.396 e. The number of aliphatic hydroxyl groups is 1. The molecule has 1 heterocycles. The number of carbonyl (C=O) groups excluding carboxylic acids is 1. The molecule has 2 N–H and O–H groups in total. The highest BCUT2D eigenvalue weighted by molar-refractivity contribution is 5.78. The molecule has 0 radical (unpaired) electrons. The molecule has 0 aliphatic carbocycles. The Balaban J connectivity index is 2.23. The van der Waals surface area contributed by atoms with Gasteiger partial charge in [-0.2, -0.15) is 0 Å². The molecule has 82 valence electrons. The third-order valence-electron chi connectivity index (χ3n) is 2.75. The highest BCUT2D eigenvalue weighted by atomic mass is 16.3. The van der Waals surface area contributed by atoms with E-state index in [4.69, 9.17) is 5.11 Å². The van der Waals surface area contributed by atoms with Crippen LogP contribution in [0.25, 0.3) is 0 Å². The lowest BCUT2D eigenvalue weighted by atomic mass is 9.98. The quantitative estimate of drug-likeness (QED) is 0.662. The Morgan fingerprint density at radius 3 is 2.64 bits per heavy atom. The predicted octanol–water partition coefficient (Wildman–Crippen LogP) is -0.173. The molecule has 0 atom stereocenters. The number of nitrogens with zero attached hydrogens (tertiary/aromatic N) is 1. The van der Waals surface area contributed by atoms with Gasteiger partial charge in [0.1, 0.15) is 0 Å². The van der Waals surface area contributed by atoms with E-state index in [1.165, 1.54) is 0 Å². The molecule has 1 amide bonds. The van der Waals surface area contributed by atoms with Gasteiger partial charge >= 0.3 is 0 Å². The summed E-state index contributed by atoms with van der Waals surface area (Å²) in [5, 5.41) is 12.0. The minimum absolute atomic E-state index is 0.184.